The highest BCUT2D eigenvalue weighted by Crippen LogP contribution is 2.34. The minimum Gasteiger partial charge on any atom is -0.326 e. The van der Waals surface area contributed by atoms with Crippen LogP contribution in [0, 0.1) is 13.8 Å². The van der Waals surface area contributed by atoms with Crippen molar-refractivity contribution < 1.29 is 4.79 Å². The van der Waals surface area contributed by atoms with E-state index < -0.39 is 0 Å². The van der Waals surface area contributed by atoms with Gasteiger partial charge in [-0.15, -0.1) is 0 Å². The first-order valence-electron chi connectivity index (χ1n) is 9.89. The normalized spacial score (nSPS) is 12.1. The summed E-state index contributed by atoms with van der Waals surface area (Å²) in [5, 5.41) is 3.00. The van der Waals surface area contributed by atoms with Crippen molar-refractivity contribution in [2.24, 2.45) is 0 Å². The summed E-state index contributed by atoms with van der Waals surface area (Å²) < 4.78 is 0. The number of amides is 1. The van der Waals surface area contributed by atoms with Crippen LogP contribution < -0.4 is 5.32 Å². The summed E-state index contributed by atoms with van der Waals surface area (Å²) in [7, 11) is 0. The van der Waals surface area contributed by atoms with Gasteiger partial charge in [-0.2, -0.15) is 0 Å². The second kappa shape index (κ2) is 7.88. The SMILES string of the molecule is Cc1ccc(NC(=O)CCc2cc(C(C)(C)C)c(C)c(C(C)(C)C)c2)cc1. The van der Waals surface area contributed by atoms with Gasteiger partial charge in [-0.05, 0) is 65.5 Å². The Morgan fingerprint density at radius 3 is 1.78 bits per heavy atom. The average Bonchev–Trinajstić information content (AvgIpc) is 2.54. The number of carbonyl (C=O) groups is 1. The fourth-order valence-electron chi connectivity index (χ4n) is 3.59. The van der Waals surface area contributed by atoms with Crippen molar-refractivity contribution in [3.63, 3.8) is 0 Å². The summed E-state index contributed by atoms with van der Waals surface area (Å²) in [4.78, 5) is 12.4. The number of aryl methyl sites for hydroxylation is 2. The van der Waals surface area contributed by atoms with Crippen LogP contribution in [-0.2, 0) is 22.0 Å². The molecule has 0 aliphatic rings. The number of anilines is 1. The van der Waals surface area contributed by atoms with E-state index in [1.165, 1.54) is 27.8 Å². The lowest BCUT2D eigenvalue weighted by Gasteiger charge is -2.30. The standard InChI is InChI=1S/C25H35NO/c1-17-9-12-20(13-10-17)26-23(27)14-11-19-15-21(24(3,4)5)18(2)22(16-19)25(6,7)8/h9-10,12-13,15-16H,11,14H2,1-8H3,(H,26,27). The van der Waals surface area contributed by atoms with Gasteiger partial charge in [0.2, 0.25) is 5.91 Å². The van der Waals surface area contributed by atoms with Gasteiger partial charge in [0.15, 0.2) is 0 Å². The monoisotopic (exact) mass is 365 g/mol. The van der Waals surface area contributed by atoms with Crippen molar-refractivity contribution in [2.45, 2.75) is 79.1 Å². The lowest BCUT2D eigenvalue weighted by Crippen LogP contribution is -2.20. The summed E-state index contributed by atoms with van der Waals surface area (Å²) in [6, 6.07) is 12.5. The van der Waals surface area contributed by atoms with Gasteiger partial charge in [-0.3, -0.25) is 4.79 Å². The van der Waals surface area contributed by atoms with E-state index >= 15 is 0 Å². The zero-order chi connectivity index (χ0) is 20.4. The number of hydrogen-bond donors (Lipinski definition) is 1. The Hall–Kier alpha value is -2.09. The minimum absolute atomic E-state index is 0.0639. The molecule has 0 aromatic heterocycles. The van der Waals surface area contributed by atoms with E-state index in [-0.39, 0.29) is 16.7 Å². The van der Waals surface area contributed by atoms with E-state index in [0.29, 0.717) is 6.42 Å². The second-order valence-electron chi connectivity index (χ2n) is 9.73. The highest BCUT2D eigenvalue weighted by molar-refractivity contribution is 5.90. The number of rotatable bonds is 4. The molecule has 0 saturated heterocycles. The number of nitrogens with one attached hydrogen (secondary N) is 1. The molecule has 0 aliphatic carbocycles. The third-order valence-corrected chi connectivity index (χ3v) is 5.06. The van der Waals surface area contributed by atoms with Crippen LogP contribution in [0.1, 0.15) is 75.8 Å². The molecule has 0 heterocycles. The summed E-state index contributed by atoms with van der Waals surface area (Å²) in [6.07, 6.45) is 1.24. The smallest absolute Gasteiger partial charge is 0.224 e. The molecule has 146 valence electrons. The fraction of sp³-hybridized carbons (Fsp3) is 0.480. The molecule has 2 aromatic rings. The van der Waals surface area contributed by atoms with Crippen molar-refractivity contribution in [1.82, 2.24) is 0 Å². The first-order chi connectivity index (χ1) is 12.4. The minimum atomic E-state index is 0.0639. The van der Waals surface area contributed by atoms with Crippen molar-refractivity contribution in [1.29, 1.82) is 0 Å². The van der Waals surface area contributed by atoms with Gasteiger partial charge in [-0.1, -0.05) is 71.4 Å². The van der Waals surface area contributed by atoms with E-state index in [0.717, 1.165) is 12.1 Å². The Labute approximate surface area is 165 Å². The van der Waals surface area contributed by atoms with E-state index in [4.69, 9.17) is 0 Å². The molecule has 0 radical (unpaired) electrons. The Morgan fingerprint density at radius 1 is 0.852 bits per heavy atom. The zero-order valence-electron chi connectivity index (χ0n) is 18.3. The molecule has 0 aliphatic heterocycles. The maximum atomic E-state index is 12.4. The Kier molecular flexibility index (Phi) is 6.19. The van der Waals surface area contributed by atoms with Crippen molar-refractivity contribution >= 4 is 11.6 Å². The molecular weight excluding hydrogens is 330 g/mol. The first-order valence-corrected chi connectivity index (χ1v) is 9.89. The molecule has 2 nitrogen and oxygen atoms in total. The molecule has 1 amide bonds. The van der Waals surface area contributed by atoms with E-state index in [1.54, 1.807) is 0 Å². The molecule has 1 N–H and O–H groups in total. The van der Waals surface area contributed by atoms with Gasteiger partial charge >= 0.3 is 0 Å². The highest BCUT2D eigenvalue weighted by Gasteiger charge is 2.24. The molecule has 0 fully saturated rings. The van der Waals surface area contributed by atoms with Crippen LogP contribution in [0.15, 0.2) is 36.4 Å². The highest BCUT2D eigenvalue weighted by atomic mass is 16.1. The molecule has 27 heavy (non-hydrogen) atoms. The van der Waals surface area contributed by atoms with Crippen LogP contribution in [-0.4, -0.2) is 5.91 Å². The van der Waals surface area contributed by atoms with Crippen LogP contribution in [0.3, 0.4) is 0 Å². The molecule has 0 atom stereocenters. The van der Waals surface area contributed by atoms with Gasteiger partial charge in [0, 0.05) is 12.1 Å². The lowest BCUT2D eigenvalue weighted by atomic mass is 9.75. The van der Waals surface area contributed by atoms with Gasteiger partial charge < -0.3 is 5.32 Å². The Balaban J connectivity index is 2.20. The van der Waals surface area contributed by atoms with E-state index in [2.05, 4.69) is 65.9 Å². The predicted molar refractivity (Wildman–Crippen MR) is 117 cm³/mol. The van der Waals surface area contributed by atoms with Crippen LogP contribution in [0.25, 0.3) is 0 Å². The lowest BCUT2D eigenvalue weighted by molar-refractivity contribution is -0.116. The van der Waals surface area contributed by atoms with Crippen LogP contribution in [0.4, 0.5) is 5.69 Å². The fourth-order valence-corrected chi connectivity index (χ4v) is 3.59. The molecular formula is C25H35NO. The topological polar surface area (TPSA) is 29.1 Å². The number of carbonyl (C=O) groups excluding carboxylic acids is 1. The van der Waals surface area contributed by atoms with E-state index in [9.17, 15) is 4.79 Å². The van der Waals surface area contributed by atoms with Crippen LogP contribution >= 0.6 is 0 Å². The molecule has 0 saturated carbocycles. The van der Waals surface area contributed by atoms with E-state index in [1.807, 2.05) is 31.2 Å². The maximum Gasteiger partial charge on any atom is 0.224 e. The third-order valence-electron chi connectivity index (χ3n) is 5.06. The molecule has 0 bridgehead atoms. The Morgan fingerprint density at radius 2 is 1.33 bits per heavy atom. The largest absolute Gasteiger partial charge is 0.326 e. The van der Waals surface area contributed by atoms with Gasteiger partial charge in [0.25, 0.3) is 0 Å². The molecule has 0 spiro atoms. The average molecular weight is 366 g/mol. The Bertz CT molecular complexity index is 767. The van der Waals surface area contributed by atoms with Crippen LogP contribution in [0.5, 0.6) is 0 Å². The van der Waals surface area contributed by atoms with Gasteiger partial charge in [0.05, 0.1) is 0 Å². The van der Waals surface area contributed by atoms with Crippen molar-refractivity contribution in [2.75, 3.05) is 5.32 Å². The summed E-state index contributed by atoms with van der Waals surface area (Å²) >= 11 is 0. The number of benzene rings is 2. The van der Waals surface area contributed by atoms with Crippen LogP contribution in [0.2, 0.25) is 0 Å². The zero-order valence-corrected chi connectivity index (χ0v) is 18.3. The number of hydrogen-bond acceptors (Lipinski definition) is 1. The van der Waals surface area contributed by atoms with Crippen molar-refractivity contribution in [3.8, 4) is 0 Å². The molecule has 2 aromatic carbocycles. The quantitative estimate of drug-likeness (QED) is 0.661. The summed E-state index contributed by atoms with van der Waals surface area (Å²) in [5.74, 6) is 0.0639. The summed E-state index contributed by atoms with van der Waals surface area (Å²) in [6.45, 7) is 17.8. The third kappa shape index (κ3) is 5.69. The molecule has 0 unspecified atom stereocenters. The van der Waals surface area contributed by atoms with Crippen molar-refractivity contribution in [3.05, 3.63) is 64.2 Å². The molecule has 2 heteroatoms. The predicted octanol–water partition coefficient (Wildman–Crippen LogP) is 6.47. The first kappa shape index (κ1) is 21.2. The maximum absolute atomic E-state index is 12.4. The molecule has 2 rings (SSSR count). The van der Waals surface area contributed by atoms with Gasteiger partial charge in [0.1, 0.15) is 0 Å². The van der Waals surface area contributed by atoms with Gasteiger partial charge in [-0.25, -0.2) is 0 Å². The second-order valence-corrected chi connectivity index (χ2v) is 9.73. The summed E-state index contributed by atoms with van der Waals surface area (Å²) in [5.41, 5.74) is 7.61.